The topological polar surface area (TPSA) is 96.3 Å². The molecule has 0 bridgehead atoms. The van der Waals surface area contributed by atoms with E-state index in [1.54, 1.807) is 28.0 Å². The molecule has 0 spiro atoms. The molecular weight excluding hydrogens is 370 g/mol. The molecule has 1 fully saturated rings. The summed E-state index contributed by atoms with van der Waals surface area (Å²) in [6.07, 6.45) is 7.58. The van der Waals surface area contributed by atoms with Gasteiger partial charge in [-0.05, 0) is 49.1 Å². The van der Waals surface area contributed by atoms with Gasteiger partial charge in [0.2, 0.25) is 11.8 Å². The van der Waals surface area contributed by atoms with E-state index < -0.39 is 0 Å². The maximum absolute atomic E-state index is 12.7. The van der Waals surface area contributed by atoms with Gasteiger partial charge in [-0.15, -0.1) is 0 Å². The minimum Gasteiger partial charge on any atom is -0.354 e. The number of aryl methyl sites for hydroxylation is 1. The molecule has 0 radical (unpaired) electrons. The molecular formula is C21H23N5O3. The van der Waals surface area contributed by atoms with Crippen LogP contribution in [0.25, 0.3) is 0 Å². The third-order valence-corrected chi connectivity index (χ3v) is 5.37. The zero-order valence-corrected chi connectivity index (χ0v) is 16.1. The number of anilines is 2. The van der Waals surface area contributed by atoms with E-state index in [0.29, 0.717) is 30.8 Å². The molecule has 2 N–H and O–H groups in total. The maximum atomic E-state index is 12.7. The van der Waals surface area contributed by atoms with Crippen molar-refractivity contribution >= 4 is 29.1 Å². The lowest BCUT2D eigenvalue weighted by molar-refractivity contribution is -0.122. The number of carbonyl (C=O) groups excluding carboxylic acids is 3. The van der Waals surface area contributed by atoms with E-state index in [-0.39, 0.29) is 23.8 Å². The van der Waals surface area contributed by atoms with Gasteiger partial charge in [0, 0.05) is 37.0 Å². The smallest absolute Gasteiger partial charge is 0.255 e. The molecule has 1 atom stereocenters. The van der Waals surface area contributed by atoms with Crippen molar-refractivity contribution in [3.63, 3.8) is 0 Å². The molecule has 3 amide bonds. The lowest BCUT2D eigenvalue weighted by Gasteiger charge is -2.28. The fourth-order valence-corrected chi connectivity index (χ4v) is 3.83. The predicted octanol–water partition coefficient (Wildman–Crippen LogP) is 2.05. The molecule has 3 heterocycles. The summed E-state index contributed by atoms with van der Waals surface area (Å²) in [6.45, 7) is 4.75. The average Bonchev–Trinajstić information content (AvgIpc) is 3.21. The number of amides is 3. The number of piperidine rings is 1. The lowest BCUT2D eigenvalue weighted by Crippen LogP contribution is -2.36. The summed E-state index contributed by atoms with van der Waals surface area (Å²) >= 11 is 0. The highest BCUT2D eigenvalue weighted by molar-refractivity contribution is 6.06. The highest BCUT2D eigenvalue weighted by Crippen LogP contribution is 2.28. The van der Waals surface area contributed by atoms with E-state index in [9.17, 15) is 14.4 Å². The van der Waals surface area contributed by atoms with Crippen LogP contribution < -0.4 is 15.5 Å². The van der Waals surface area contributed by atoms with Gasteiger partial charge in [-0.25, -0.2) is 0 Å². The Morgan fingerprint density at radius 3 is 2.93 bits per heavy atom. The molecule has 150 valence electrons. The second kappa shape index (κ2) is 7.90. The van der Waals surface area contributed by atoms with E-state index in [1.165, 1.54) is 6.08 Å². The summed E-state index contributed by atoms with van der Waals surface area (Å²) in [6, 6.07) is 5.48. The van der Waals surface area contributed by atoms with Crippen molar-refractivity contribution in [3.05, 3.63) is 54.4 Å². The molecule has 4 rings (SSSR count). The van der Waals surface area contributed by atoms with E-state index in [2.05, 4.69) is 22.3 Å². The Morgan fingerprint density at radius 1 is 1.31 bits per heavy atom. The fraction of sp³-hybridized carbons (Fsp3) is 0.333. The standard InChI is InChI=1S/C21H23N5O3/c1-2-20(28)25-9-3-4-14-10-15(5-7-18(14)25)21(29)24-16-11-23-26(13-16)17-6-8-19(27)22-12-17/h2,5,7,10-11,13,17H,1,3-4,6,8-9,12H2,(H,22,27)(H,24,29). The first-order chi connectivity index (χ1) is 14.0. The van der Waals surface area contributed by atoms with Crippen molar-refractivity contribution in [1.29, 1.82) is 0 Å². The van der Waals surface area contributed by atoms with E-state index in [0.717, 1.165) is 30.5 Å². The van der Waals surface area contributed by atoms with Gasteiger partial charge in [-0.3, -0.25) is 19.1 Å². The second-order valence-electron chi connectivity index (χ2n) is 7.30. The molecule has 2 aromatic rings. The maximum Gasteiger partial charge on any atom is 0.255 e. The quantitative estimate of drug-likeness (QED) is 0.777. The molecule has 2 aliphatic heterocycles. The number of aromatic nitrogens is 2. The molecule has 2 aliphatic rings. The average molecular weight is 393 g/mol. The Morgan fingerprint density at radius 2 is 2.17 bits per heavy atom. The summed E-state index contributed by atoms with van der Waals surface area (Å²) in [7, 11) is 0. The van der Waals surface area contributed by atoms with Crippen LogP contribution in [0.5, 0.6) is 0 Å². The van der Waals surface area contributed by atoms with E-state index in [4.69, 9.17) is 0 Å². The molecule has 1 saturated heterocycles. The fourth-order valence-electron chi connectivity index (χ4n) is 3.83. The highest BCUT2D eigenvalue weighted by atomic mass is 16.2. The van der Waals surface area contributed by atoms with Crippen molar-refractivity contribution in [2.24, 2.45) is 0 Å². The van der Waals surface area contributed by atoms with Gasteiger partial charge in [-0.1, -0.05) is 6.58 Å². The Balaban J connectivity index is 1.46. The van der Waals surface area contributed by atoms with E-state index in [1.807, 2.05) is 12.1 Å². The van der Waals surface area contributed by atoms with Gasteiger partial charge in [0.05, 0.1) is 17.9 Å². The molecule has 0 saturated carbocycles. The molecule has 1 aromatic carbocycles. The van der Waals surface area contributed by atoms with Crippen LogP contribution in [0.15, 0.2) is 43.2 Å². The molecule has 1 unspecified atom stereocenters. The third-order valence-electron chi connectivity index (χ3n) is 5.37. The number of hydrogen-bond acceptors (Lipinski definition) is 4. The van der Waals surface area contributed by atoms with Crippen molar-refractivity contribution < 1.29 is 14.4 Å². The normalized spacial score (nSPS) is 18.6. The lowest BCUT2D eigenvalue weighted by atomic mass is 9.98. The molecule has 8 heteroatoms. The predicted molar refractivity (Wildman–Crippen MR) is 109 cm³/mol. The van der Waals surface area contributed by atoms with Crippen LogP contribution in [-0.2, 0) is 16.0 Å². The van der Waals surface area contributed by atoms with Gasteiger partial charge < -0.3 is 15.5 Å². The summed E-state index contributed by atoms with van der Waals surface area (Å²) in [4.78, 5) is 37.7. The van der Waals surface area contributed by atoms with Crippen LogP contribution in [0.4, 0.5) is 11.4 Å². The number of nitrogens with zero attached hydrogens (tertiary/aromatic N) is 3. The Hall–Kier alpha value is -3.42. The minimum atomic E-state index is -0.225. The van der Waals surface area contributed by atoms with E-state index >= 15 is 0 Å². The van der Waals surface area contributed by atoms with Gasteiger partial charge >= 0.3 is 0 Å². The van der Waals surface area contributed by atoms with Crippen molar-refractivity contribution in [2.45, 2.75) is 31.7 Å². The monoisotopic (exact) mass is 393 g/mol. The van der Waals surface area contributed by atoms with Crippen LogP contribution in [0, 0.1) is 0 Å². The Labute approximate surface area is 168 Å². The van der Waals surface area contributed by atoms with Gasteiger partial charge in [0.15, 0.2) is 0 Å². The number of hydrogen-bond donors (Lipinski definition) is 2. The van der Waals surface area contributed by atoms with Crippen LogP contribution >= 0.6 is 0 Å². The van der Waals surface area contributed by atoms with Gasteiger partial charge in [-0.2, -0.15) is 5.10 Å². The Bertz CT molecular complexity index is 970. The summed E-state index contributed by atoms with van der Waals surface area (Å²) < 4.78 is 1.78. The third kappa shape index (κ3) is 3.91. The minimum absolute atomic E-state index is 0.0581. The summed E-state index contributed by atoms with van der Waals surface area (Å²) in [5, 5.41) is 10.0. The van der Waals surface area contributed by atoms with Gasteiger partial charge in [0.1, 0.15) is 0 Å². The molecule has 8 nitrogen and oxygen atoms in total. The van der Waals surface area contributed by atoms with Crippen molar-refractivity contribution in [3.8, 4) is 0 Å². The summed E-state index contributed by atoms with van der Waals surface area (Å²) in [5.74, 6) is -0.298. The number of rotatable bonds is 4. The largest absolute Gasteiger partial charge is 0.354 e. The SMILES string of the molecule is C=CC(=O)N1CCCc2cc(C(=O)Nc3cnn(C4CCC(=O)NC4)c3)ccc21. The summed E-state index contributed by atoms with van der Waals surface area (Å²) in [5.41, 5.74) is 2.96. The first-order valence-electron chi connectivity index (χ1n) is 9.74. The first kappa shape index (κ1) is 18.9. The molecule has 1 aromatic heterocycles. The van der Waals surface area contributed by atoms with Crippen molar-refractivity contribution in [2.75, 3.05) is 23.3 Å². The molecule has 29 heavy (non-hydrogen) atoms. The zero-order chi connectivity index (χ0) is 20.4. The second-order valence-corrected chi connectivity index (χ2v) is 7.30. The zero-order valence-electron chi connectivity index (χ0n) is 16.1. The van der Waals surface area contributed by atoms with Gasteiger partial charge in [0.25, 0.3) is 5.91 Å². The molecule has 0 aliphatic carbocycles. The number of nitrogens with one attached hydrogen (secondary N) is 2. The Kier molecular flexibility index (Phi) is 5.16. The van der Waals surface area contributed by atoms with Crippen LogP contribution in [0.1, 0.15) is 41.2 Å². The first-order valence-corrected chi connectivity index (χ1v) is 9.74. The van der Waals surface area contributed by atoms with Crippen LogP contribution in [0.2, 0.25) is 0 Å². The highest BCUT2D eigenvalue weighted by Gasteiger charge is 2.23. The van der Waals surface area contributed by atoms with Crippen LogP contribution in [0.3, 0.4) is 0 Å². The number of fused-ring (bicyclic) bond motifs is 1. The number of carbonyl (C=O) groups is 3. The van der Waals surface area contributed by atoms with Crippen LogP contribution in [-0.4, -0.2) is 40.6 Å². The number of benzene rings is 1. The van der Waals surface area contributed by atoms with Crippen molar-refractivity contribution in [1.82, 2.24) is 15.1 Å².